The number of hydrogen-bond acceptors (Lipinski definition) is 8. The molecule has 1 amide bonds. The number of morpholine rings is 1. The van der Waals surface area contributed by atoms with Crippen molar-refractivity contribution in [3.05, 3.63) is 29.5 Å². The van der Waals surface area contributed by atoms with Gasteiger partial charge in [0, 0.05) is 37.9 Å². The number of hydrogen-bond donors (Lipinski definition) is 1. The standard InChI is InChI=1S/C23H30N4O6S/c1-31-11-12-33-17-4-5-20-18(13-17)22-19(15-34(20,29)30)21(23(28)26-7-9-32-10-8-26)25-27(22)16-3-2-6-24-14-16/h4-5,13,16,24H,2-3,6-12,14-15H2,1H3. The number of rotatable bonds is 6. The summed E-state index contributed by atoms with van der Waals surface area (Å²) in [7, 11) is -2.05. The van der Waals surface area contributed by atoms with Crippen LogP contribution in [0.4, 0.5) is 0 Å². The van der Waals surface area contributed by atoms with E-state index in [1.165, 1.54) is 0 Å². The second kappa shape index (κ2) is 9.65. The molecule has 0 aliphatic carbocycles. The molecule has 184 valence electrons. The lowest BCUT2D eigenvalue weighted by atomic mass is 10.0. The summed E-state index contributed by atoms with van der Waals surface area (Å²) in [6, 6.07) is 5.04. The Morgan fingerprint density at radius 2 is 2.09 bits per heavy atom. The van der Waals surface area contributed by atoms with Crippen LogP contribution in [-0.2, 0) is 25.1 Å². The first-order chi connectivity index (χ1) is 16.5. The number of nitrogens with one attached hydrogen (secondary N) is 1. The SMILES string of the molecule is COCCOc1ccc2c(c1)-c1c(c(C(=O)N3CCOCC3)nn1C1CCCNC1)CS2(=O)=O. The van der Waals surface area contributed by atoms with Gasteiger partial charge < -0.3 is 24.4 Å². The smallest absolute Gasteiger partial charge is 0.274 e. The van der Waals surface area contributed by atoms with Gasteiger partial charge in [0.2, 0.25) is 0 Å². The van der Waals surface area contributed by atoms with Gasteiger partial charge in [0.15, 0.2) is 15.5 Å². The van der Waals surface area contributed by atoms with Crippen molar-refractivity contribution in [2.45, 2.75) is 29.5 Å². The number of methoxy groups -OCH3 is 1. The lowest BCUT2D eigenvalue weighted by molar-refractivity contribution is 0.0297. The number of aromatic nitrogens is 2. The molecular formula is C23H30N4O6S. The van der Waals surface area contributed by atoms with Crippen LogP contribution < -0.4 is 10.1 Å². The summed E-state index contributed by atoms with van der Waals surface area (Å²) in [4.78, 5) is 15.4. The maximum absolute atomic E-state index is 13.5. The maximum atomic E-state index is 13.5. The van der Waals surface area contributed by atoms with Crippen LogP contribution in [0.3, 0.4) is 0 Å². The fraction of sp³-hybridized carbons (Fsp3) is 0.565. The molecule has 2 saturated heterocycles. The van der Waals surface area contributed by atoms with Crippen LogP contribution in [0.15, 0.2) is 23.1 Å². The quantitative estimate of drug-likeness (QED) is 0.603. The molecule has 0 radical (unpaired) electrons. The maximum Gasteiger partial charge on any atom is 0.274 e. The van der Waals surface area contributed by atoms with Gasteiger partial charge in [-0.2, -0.15) is 5.10 Å². The van der Waals surface area contributed by atoms with Gasteiger partial charge in [-0.05, 0) is 37.6 Å². The molecule has 34 heavy (non-hydrogen) atoms. The second-order valence-electron chi connectivity index (χ2n) is 8.78. The molecule has 1 aromatic heterocycles. The van der Waals surface area contributed by atoms with E-state index in [-0.39, 0.29) is 28.3 Å². The fourth-order valence-electron chi connectivity index (χ4n) is 4.85. The van der Waals surface area contributed by atoms with Crippen molar-refractivity contribution in [3.8, 4) is 17.0 Å². The monoisotopic (exact) mass is 490 g/mol. The third-order valence-electron chi connectivity index (χ3n) is 6.56. The molecule has 0 bridgehead atoms. The highest BCUT2D eigenvalue weighted by atomic mass is 32.2. The number of fused-ring (bicyclic) bond motifs is 3. The molecule has 3 aliphatic rings. The number of carbonyl (C=O) groups excluding carboxylic acids is 1. The predicted molar refractivity (Wildman–Crippen MR) is 124 cm³/mol. The van der Waals surface area contributed by atoms with E-state index in [2.05, 4.69) is 5.32 Å². The number of piperidine rings is 1. The van der Waals surface area contributed by atoms with Gasteiger partial charge in [0.1, 0.15) is 12.4 Å². The first kappa shape index (κ1) is 23.3. The van der Waals surface area contributed by atoms with Crippen LogP contribution in [0.2, 0.25) is 0 Å². The number of nitrogens with zero attached hydrogens (tertiary/aromatic N) is 3. The summed E-state index contributed by atoms with van der Waals surface area (Å²) in [6.07, 6.45) is 1.88. The first-order valence-corrected chi connectivity index (χ1v) is 13.3. The zero-order valence-corrected chi connectivity index (χ0v) is 20.1. The summed E-state index contributed by atoms with van der Waals surface area (Å²) in [5.41, 5.74) is 1.94. The van der Waals surface area contributed by atoms with E-state index in [0.29, 0.717) is 68.6 Å². The minimum absolute atomic E-state index is 0.0282. The molecule has 0 spiro atoms. The molecule has 11 heteroatoms. The highest BCUT2D eigenvalue weighted by molar-refractivity contribution is 7.90. The van der Waals surface area contributed by atoms with E-state index < -0.39 is 9.84 Å². The Balaban J connectivity index is 1.64. The van der Waals surface area contributed by atoms with E-state index in [0.717, 1.165) is 19.4 Å². The summed E-state index contributed by atoms with van der Waals surface area (Å²) in [5.74, 6) is 0.0627. The second-order valence-corrected chi connectivity index (χ2v) is 10.7. The van der Waals surface area contributed by atoms with Gasteiger partial charge in [-0.15, -0.1) is 0 Å². The van der Waals surface area contributed by atoms with Crippen LogP contribution in [0.25, 0.3) is 11.3 Å². The lowest BCUT2D eigenvalue weighted by Gasteiger charge is -2.27. The molecular weight excluding hydrogens is 460 g/mol. The van der Waals surface area contributed by atoms with Crippen LogP contribution in [-0.4, -0.2) is 88.7 Å². The fourth-order valence-corrected chi connectivity index (χ4v) is 6.43. The highest BCUT2D eigenvalue weighted by Gasteiger charge is 2.38. The molecule has 1 atom stereocenters. The molecule has 10 nitrogen and oxygen atoms in total. The van der Waals surface area contributed by atoms with Gasteiger partial charge >= 0.3 is 0 Å². The Morgan fingerprint density at radius 1 is 1.26 bits per heavy atom. The Kier molecular flexibility index (Phi) is 6.61. The topological polar surface area (TPSA) is 112 Å². The zero-order chi connectivity index (χ0) is 23.7. The first-order valence-electron chi connectivity index (χ1n) is 11.7. The van der Waals surface area contributed by atoms with E-state index in [4.69, 9.17) is 19.3 Å². The zero-order valence-electron chi connectivity index (χ0n) is 19.3. The van der Waals surface area contributed by atoms with Gasteiger partial charge in [-0.1, -0.05) is 0 Å². The Labute approximate surface area is 199 Å². The van der Waals surface area contributed by atoms with Crippen LogP contribution in [0.1, 0.15) is 34.9 Å². The average Bonchev–Trinajstić information content (AvgIpc) is 3.23. The summed E-state index contributed by atoms with van der Waals surface area (Å²) in [6.45, 7) is 4.27. The van der Waals surface area contributed by atoms with Gasteiger partial charge in [-0.3, -0.25) is 9.48 Å². The van der Waals surface area contributed by atoms with E-state index in [1.54, 1.807) is 30.2 Å². The van der Waals surface area contributed by atoms with E-state index in [9.17, 15) is 13.2 Å². The van der Waals surface area contributed by atoms with Crippen LogP contribution in [0, 0.1) is 0 Å². The average molecular weight is 491 g/mol. The molecule has 2 aromatic rings. The molecule has 1 aromatic carbocycles. The van der Waals surface area contributed by atoms with Crippen molar-refractivity contribution >= 4 is 15.7 Å². The van der Waals surface area contributed by atoms with E-state index >= 15 is 0 Å². The highest BCUT2D eigenvalue weighted by Crippen LogP contribution is 2.43. The Hall–Kier alpha value is -2.47. The summed E-state index contributed by atoms with van der Waals surface area (Å²) in [5, 5.41) is 8.18. The molecule has 2 fully saturated rings. The molecule has 5 rings (SSSR count). The van der Waals surface area contributed by atoms with Gasteiger partial charge in [0.25, 0.3) is 5.91 Å². The van der Waals surface area contributed by atoms with Crippen molar-refractivity contribution in [2.75, 3.05) is 59.7 Å². The Bertz CT molecular complexity index is 1170. The number of carbonyl (C=O) groups is 1. The molecule has 3 aliphatic heterocycles. The van der Waals surface area contributed by atoms with Crippen molar-refractivity contribution in [1.82, 2.24) is 20.0 Å². The van der Waals surface area contributed by atoms with Gasteiger partial charge in [-0.25, -0.2) is 8.42 Å². The molecule has 1 N–H and O–H groups in total. The van der Waals surface area contributed by atoms with Crippen molar-refractivity contribution in [2.24, 2.45) is 0 Å². The Morgan fingerprint density at radius 3 is 2.82 bits per heavy atom. The van der Waals surface area contributed by atoms with Crippen molar-refractivity contribution in [3.63, 3.8) is 0 Å². The normalized spacial score (nSPS) is 21.6. The summed E-state index contributed by atoms with van der Waals surface area (Å²) >= 11 is 0. The van der Waals surface area contributed by atoms with Crippen LogP contribution in [0.5, 0.6) is 5.75 Å². The van der Waals surface area contributed by atoms with Crippen molar-refractivity contribution in [1.29, 1.82) is 0 Å². The number of sulfone groups is 1. The lowest BCUT2D eigenvalue weighted by Crippen LogP contribution is -2.41. The molecule has 1 unspecified atom stereocenters. The number of benzene rings is 1. The number of amides is 1. The predicted octanol–water partition coefficient (Wildman–Crippen LogP) is 1.26. The number of ether oxygens (including phenoxy) is 3. The molecule has 0 saturated carbocycles. The van der Waals surface area contributed by atoms with E-state index in [1.807, 2.05) is 4.68 Å². The minimum Gasteiger partial charge on any atom is -0.491 e. The van der Waals surface area contributed by atoms with Crippen molar-refractivity contribution < 1.29 is 27.4 Å². The minimum atomic E-state index is -3.65. The summed E-state index contributed by atoms with van der Waals surface area (Å²) < 4.78 is 44.7. The van der Waals surface area contributed by atoms with Gasteiger partial charge in [0.05, 0.1) is 42.2 Å². The third kappa shape index (κ3) is 4.33. The van der Waals surface area contributed by atoms with Crippen LogP contribution >= 0.6 is 0 Å². The largest absolute Gasteiger partial charge is 0.491 e. The molecule has 4 heterocycles. The third-order valence-corrected chi connectivity index (χ3v) is 8.25.